The van der Waals surface area contributed by atoms with Crippen LogP contribution in [0.15, 0.2) is 42.7 Å². The van der Waals surface area contributed by atoms with Gasteiger partial charge in [0.2, 0.25) is 0 Å². The molecule has 2 rings (SSSR count). The van der Waals surface area contributed by atoms with Gasteiger partial charge in [0, 0.05) is 18.0 Å². The van der Waals surface area contributed by atoms with Crippen LogP contribution in [0.25, 0.3) is 11.1 Å². The molecule has 1 heterocycles. The molecule has 2 aromatic rings. The molecular formula is C15H13NO4. The van der Waals surface area contributed by atoms with E-state index in [1.807, 2.05) is 6.07 Å². The average molecular weight is 271 g/mol. The lowest BCUT2D eigenvalue weighted by Crippen LogP contribution is -2.07. The second kappa shape index (κ2) is 5.97. The molecule has 0 aliphatic rings. The third kappa shape index (κ3) is 2.83. The van der Waals surface area contributed by atoms with Gasteiger partial charge in [-0.1, -0.05) is 6.07 Å². The van der Waals surface area contributed by atoms with Crippen LogP contribution < -0.4 is 0 Å². The van der Waals surface area contributed by atoms with Crippen LogP contribution in [-0.4, -0.2) is 31.1 Å². The molecule has 0 bridgehead atoms. The maximum absolute atomic E-state index is 11.7. The molecule has 0 atom stereocenters. The van der Waals surface area contributed by atoms with E-state index in [4.69, 9.17) is 0 Å². The molecule has 0 radical (unpaired) electrons. The zero-order valence-corrected chi connectivity index (χ0v) is 11.1. The number of aromatic nitrogens is 1. The molecule has 1 aromatic heterocycles. The summed E-state index contributed by atoms with van der Waals surface area (Å²) in [6.07, 6.45) is 3.30. The fourth-order valence-corrected chi connectivity index (χ4v) is 1.80. The summed E-state index contributed by atoms with van der Waals surface area (Å²) in [5.41, 5.74) is 2.06. The van der Waals surface area contributed by atoms with Gasteiger partial charge in [-0.3, -0.25) is 4.98 Å². The summed E-state index contributed by atoms with van der Waals surface area (Å²) in [4.78, 5) is 27.4. The molecule has 102 valence electrons. The Morgan fingerprint density at radius 3 is 2.00 bits per heavy atom. The maximum Gasteiger partial charge on any atom is 0.337 e. The van der Waals surface area contributed by atoms with Crippen LogP contribution in [0.3, 0.4) is 0 Å². The van der Waals surface area contributed by atoms with Gasteiger partial charge in [0.05, 0.1) is 25.3 Å². The maximum atomic E-state index is 11.7. The molecule has 0 aliphatic carbocycles. The number of rotatable bonds is 3. The fourth-order valence-electron chi connectivity index (χ4n) is 1.80. The zero-order valence-electron chi connectivity index (χ0n) is 11.1. The lowest BCUT2D eigenvalue weighted by atomic mass is 10.0. The van der Waals surface area contributed by atoms with Crippen molar-refractivity contribution in [2.45, 2.75) is 0 Å². The van der Waals surface area contributed by atoms with E-state index in [2.05, 4.69) is 14.5 Å². The predicted octanol–water partition coefficient (Wildman–Crippen LogP) is 2.32. The Morgan fingerprint density at radius 2 is 1.55 bits per heavy atom. The van der Waals surface area contributed by atoms with Gasteiger partial charge in [0.1, 0.15) is 0 Å². The molecule has 20 heavy (non-hydrogen) atoms. The van der Waals surface area contributed by atoms with E-state index in [0.29, 0.717) is 5.56 Å². The lowest BCUT2D eigenvalue weighted by Gasteiger charge is -2.07. The van der Waals surface area contributed by atoms with E-state index in [1.54, 1.807) is 30.6 Å². The number of hydrogen-bond acceptors (Lipinski definition) is 5. The quantitative estimate of drug-likeness (QED) is 0.801. The molecule has 0 unspecified atom stereocenters. The van der Waals surface area contributed by atoms with Crippen molar-refractivity contribution in [1.82, 2.24) is 4.98 Å². The van der Waals surface area contributed by atoms with Crippen molar-refractivity contribution in [2.24, 2.45) is 0 Å². The Kier molecular flexibility index (Phi) is 4.10. The van der Waals surface area contributed by atoms with Gasteiger partial charge in [-0.25, -0.2) is 9.59 Å². The molecule has 5 nitrogen and oxygen atoms in total. The minimum absolute atomic E-state index is 0.286. The molecule has 1 aromatic carbocycles. The smallest absolute Gasteiger partial charge is 0.337 e. The molecule has 0 amide bonds. The highest BCUT2D eigenvalue weighted by atomic mass is 16.5. The Bertz CT molecular complexity index is 603. The first-order chi connectivity index (χ1) is 9.65. The van der Waals surface area contributed by atoms with Gasteiger partial charge in [-0.05, 0) is 29.8 Å². The molecule has 5 heteroatoms. The average Bonchev–Trinajstić information content (AvgIpc) is 2.53. The lowest BCUT2D eigenvalue weighted by molar-refractivity contribution is 0.0599. The second-order valence-electron chi connectivity index (χ2n) is 4.02. The summed E-state index contributed by atoms with van der Waals surface area (Å²) >= 11 is 0. The van der Waals surface area contributed by atoms with Crippen molar-refractivity contribution < 1.29 is 19.1 Å². The highest BCUT2D eigenvalue weighted by Gasteiger charge is 2.14. The highest BCUT2D eigenvalue weighted by molar-refractivity contribution is 5.97. The number of nitrogens with zero attached hydrogens (tertiary/aromatic N) is 1. The molecule has 0 aliphatic heterocycles. The number of ether oxygens (including phenoxy) is 2. The highest BCUT2D eigenvalue weighted by Crippen LogP contribution is 2.22. The molecular weight excluding hydrogens is 258 g/mol. The Balaban J connectivity index is 2.57. The third-order valence-corrected chi connectivity index (χ3v) is 2.77. The van der Waals surface area contributed by atoms with Crippen LogP contribution in [0, 0.1) is 0 Å². The molecule has 0 N–H and O–H groups in total. The third-order valence-electron chi connectivity index (χ3n) is 2.77. The number of carbonyl (C=O) groups excluding carboxylic acids is 2. The standard InChI is InChI=1S/C15H13NO4/c1-19-14(17)12-6-11(10-4-3-5-16-9-10)7-13(8-12)15(18)20-2/h3-9H,1-2H3. The van der Waals surface area contributed by atoms with E-state index in [9.17, 15) is 9.59 Å². The summed E-state index contributed by atoms with van der Waals surface area (Å²) < 4.78 is 9.38. The Hall–Kier alpha value is -2.69. The minimum atomic E-state index is -0.513. The summed E-state index contributed by atoms with van der Waals surface area (Å²) in [5.74, 6) is -1.03. The SMILES string of the molecule is COC(=O)c1cc(C(=O)OC)cc(-c2cccnc2)c1. The van der Waals surface area contributed by atoms with Gasteiger partial charge in [-0.15, -0.1) is 0 Å². The van der Waals surface area contributed by atoms with Crippen molar-refractivity contribution in [2.75, 3.05) is 14.2 Å². The van der Waals surface area contributed by atoms with Gasteiger partial charge >= 0.3 is 11.9 Å². The Morgan fingerprint density at radius 1 is 0.950 bits per heavy atom. The molecule has 0 saturated carbocycles. The number of hydrogen-bond donors (Lipinski definition) is 0. The van der Waals surface area contributed by atoms with Crippen molar-refractivity contribution >= 4 is 11.9 Å². The van der Waals surface area contributed by atoms with Crippen LogP contribution in [0.4, 0.5) is 0 Å². The summed E-state index contributed by atoms with van der Waals surface area (Å²) in [7, 11) is 2.58. The van der Waals surface area contributed by atoms with Crippen LogP contribution in [0.1, 0.15) is 20.7 Å². The molecule has 0 fully saturated rings. The number of methoxy groups -OCH3 is 2. The summed E-state index contributed by atoms with van der Waals surface area (Å²) in [6, 6.07) is 8.35. The first-order valence-electron chi connectivity index (χ1n) is 5.88. The van der Waals surface area contributed by atoms with E-state index in [-0.39, 0.29) is 11.1 Å². The van der Waals surface area contributed by atoms with E-state index < -0.39 is 11.9 Å². The Labute approximate surface area is 116 Å². The van der Waals surface area contributed by atoms with Crippen LogP contribution in [0.2, 0.25) is 0 Å². The number of pyridine rings is 1. The molecule has 0 saturated heterocycles. The van der Waals surface area contributed by atoms with Gasteiger partial charge in [0.25, 0.3) is 0 Å². The van der Waals surface area contributed by atoms with Crippen LogP contribution >= 0.6 is 0 Å². The first kappa shape index (κ1) is 13.7. The predicted molar refractivity (Wildman–Crippen MR) is 72.4 cm³/mol. The monoisotopic (exact) mass is 271 g/mol. The van der Waals surface area contributed by atoms with Crippen molar-refractivity contribution in [3.05, 3.63) is 53.9 Å². The van der Waals surface area contributed by atoms with E-state index in [0.717, 1.165) is 5.56 Å². The fraction of sp³-hybridized carbons (Fsp3) is 0.133. The summed E-state index contributed by atoms with van der Waals surface area (Å²) in [6.45, 7) is 0. The van der Waals surface area contributed by atoms with Crippen molar-refractivity contribution in [3.63, 3.8) is 0 Å². The van der Waals surface area contributed by atoms with Crippen molar-refractivity contribution in [3.8, 4) is 11.1 Å². The zero-order chi connectivity index (χ0) is 14.5. The number of esters is 2. The first-order valence-corrected chi connectivity index (χ1v) is 5.88. The van der Waals surface area contributed by atoms with Crippen LogP contribution in [0.5, 0.6) is 0 Å². The van der Waals surface area contributed by atoms with Gasteiger partial charge < -0.3 is 9.47 Å². The number of carbonyl (C=O) groups is 2. The van der Waals surface area contributed by atoms with E-state index >= 15 is 0 Å². The molecule has 0 spiro atoms. The van der Waals surface area contributed by atoms with Crippen molar-refractivity contribution in [1.29, 1.82) is 0 Å². The topological polar surface area (TPSA) is 65.5 Å². The largest absolute Gasteiger partial charge is 0.465 e. The minimum Gasteiger partial charge on any atom is -0.465 e. The van der Waals surface area contributed by atoms with E-state index in [1.165, 1.54) is 20.3 Å². The normalized spacial score (nSPS) is 9.90. The van der Waals surface area contributed by atoms with Gasteiger partial charge in [-0.2, -0.15) is 0 Å². The summed E-state index contributed by atoms with van der Waals surface area (Å²) in [5, 5.41) is 0. The number of benzene rings is 1. The van der Waals surface area contributed by atoms with Gasteiger partial charge in [0.15, 0.2) is 0 Å². The van der Waals surface area contributed by atoms with Crippen LogP contribution in [-0.2, 0) is 9.47 Å². The second-order valence-corrected chi connectivity index (χ2v) is 4.02.